The number of hydrogen-bond donors (Lipinski definition) is 0. The highest BCUT2D eigenvalue weighted by molar-refractivity contribution is 5.29. The normalized spacial score (nSPS) is 24.6. The molecule has 2 rings (SSSR count). The smallest absolute Gasteiger partial charge is 0.0466 e. The van der Waals surface area contributed by atoms with Crippen LogP contribution >= 0.6 is 0 Å². The Morgan fingerprint density at radius 1 is 1.31 bits per heavy atom. The summed E-state index contributed by atoms with van der Waals surface area (Å²) in [6, 6.07) is 4.23. The van der Waals surface area contributed by atoms with E-state index in [2.05, 4.69) is 24.9 Å². The molecule has 0 radical (unpaired) electrons. The molecular weight excluding hydrogens is 158 g/mol. The highest BCUT2D eigenvalue weighted by Gasteiger charge is 2.25. The molecule has 1 aromatic heterocycles. The zero-order chi connectivity index (χ0) is 9.84. The molecule has 2 unspecified atom stereocenters. The third-order valence-corrected chi connectivity index (χ3v) is 2.75. The minimum absolute atomic E-state index is 0.659. The molecule has 0 saturated heterocycles. The van der Waals surface area contributed by atoms with Crippen LogP contribution in [0.25, 0.3) is 0 Å². The molecule has 1 heteroatoms. The molecule has 1 aliphatic carbocycles. The van der Waals surface area contributed by atoms with Crippen LogP contribution in [0.15, 0.2) is 18.3 Å². The van der Waals surface area contributed by atoms with Crippen molar-refractivity contribution >= 4 is 0 Å². The van der Waals surface area contributed by atoms with E-state index in [9.17, 15) is 0 Å². The molecule has 1 aromatic rings. The summed E-state index contributed by atoms with van der Waals surface area (Å²) in [5.41, 5.74) is 2.77. The number of fused-ring (bicyclic) bond motifs is 1. The van der Waals surface area contributed by atoms with Gasteiger partial charge in [-0.3, -0.25) is 4.98 Å². The zero-order valence-electron chi connectivity index (χ0n) is 9.04. The van der Waals surface area contributed by atoms with Crippen LogP contribution in [0.4, 0.5) is 0 Å². The minimum atomic E-state index is 0.659. The largest absolute Gasteiger partial charge is 0.261 e. The van der Waals surface area contributed by atoms with Crippen molar-refractivity contribution in [3.05, 3.63) is 29.6 Å². The second-order valence-electron chi connectivity index (χ2n) is 3.52. The van der Waals surface area contributed by atoms with Gasteiger partial charge in [0.1, 0.15) is 0 Å². The maximum absolute atomic E-state index is 4.39. The van der Waals surface area contributed by atoms with Gasteiger partial charge in [-0.2, -0.15) is 0 Å². The van der Waals surface area contributed by atoms with Crippen molar-refractivity contribution < 1.29 is 0 Å². The second-order valence-corrected chi connectivity index (χ2v) is 3.52. The van der Waals surface area contributed by atoms with Crippen molar-refractivity contribution in [2.24, 2.45) is 5.92 Å². The Morgan fingerprint density at radius 3 is 2.62 bits per heavy atom. The first-order chi connectivity index (χ1) is 6.29. The molecule has 0 aliphatic heterocycles. The number of nitrogens with zero attached hydrogens (tertiary/aromatic N) is 1. The third kappa shape index (κ3) is 1.90. The van der Waals surface area contributed by atoms with Crippen LogP contribution in [-0.2, 0) is 6.42 Å². The van der Waals surface area contributed by atoms with Crippen molar-refractivity contribution in [3.8, 4) is 0 Å². The summed E-state index contributed by atoms with van der Waals surface area (Å²) >= 11 is 0. The van der Waals surface area contributed by atoms with Crippen molar-refractivity contribution in [2.75, 3.05) is 0 Å². The van der Waals surface area contributed by atoms with Gasteiger partial charge in [0.25, 0.3) is 0 Å². The van der Waals surface area contributed by atoms with Crippen molar-refractivity contribution in [1.29, 1.82) is 0 Å². The van der Waals surface area contributed by atoms with Gasteiger partial charge < -0.3 is 0 Å². The van der Waals surface area contributed by atoms with Crippen molar-refractivity contribution in [3.63, 3.8) is 0 Å². The summed E-state index contributed by atoms with van der Waals surface area (Å²) in [6.45, 7) is 8.57. The van der Waals surface area contributed by atoms with E-state index in [1.807, 2.05) is 26.1 Å². The van der Waals surface area contributed by atoms with E-state index < -0.39 is 0 Å². The van der Waals surface area contributed by atoms with Gasteiger partial charge in [-0.25, -0.2) is 0 Å². The summed E-state index contributed by atoms with van der Waals surface area (Å²) in [4.78, 5) is 4.39. The molecule has 1 heterocycles. The SMILES string of the molecule is CC.CC1Cc2cccnc2C1C. The minimum Gasteiger partial charge on any atom is -0.261 e. The Bertz CT molecular complexity index is 268. The lowest BCUT2D eigenvalue weighted by Crippen LogP contribution is -1.98. The topological polar surface area (TPSA) is 12.9 Å². The molecule has 2 atom stereocenters. The molecule has 0 amide bonds. The van der Waals surface area contributed by atoms with E-state index in [0.29, 0.717) is 5.92 Å². The van der Waals surface area contributed by atoms with Crippen LogP contribution in [0, 0.1) is 5.92 Å². The zero-order valence-corrected chi connectivity index (χ0v) is 9.04. The van der Waals surface area contributed by atoms with Gasteiger partial charge in [-0.1, -0.05) is 33.8 Å². The molecule has 0 spiro atoms. The van der Waals surface area contributed by atoms with Gasteiger partial charge >= 0.3 is 0 Å². The highest BCUT2D eigenvalue weighted by Crippen LogP contribution is 2.35. The lowest BCUT2D eigenvalue weighted by atomic mass is 9.99. The average molecular weight is 177 g/mol. The first-order valence-corrected chi connectivity index (χ1v) is 5.23. The second kappa shape index (κ2) is 4.40. The Balaban J connectivity index is 0.000000396. The summed E-state index contributed by atoms with van der Waals surface area (Å²) < 4.78 is 0. The number of hydrogen-bond acceptors (Lipinski definition) is 1. The summed E-state index contributed by atoms with van der Waals surface area (Å²) in [6.07, 6.45) is 3.11. The molecule has 0 aromatic carbocycles. The van der Waals surface area contributed by atoms with E-state index in [-0.39, 0.29) is 0 Å². The van der Waals surface area contributed by atoms with E-state index in [1.165, 1.54) is 17.7 Å². The molecule has 0 N–H and O–H groups in total. The Morgan fingerprint density at radius 2 is 2.00 bits per heavy atom. The summed E-state index contributed by atoms with van der Waals surface area (Å²) in [5, 5.41) is 0. The monoisotopic (exact) mass is 177 g/mol. The molecule has 0 bridgehead atoms. The predicted molar refractivity (Wildman–Crippen MR) is 56.9 cm³/mol. The molecule has 1 nitrogen and oxygen atoms in total. The fourth-order valence-corrected chi connectivity index (χ4v) is 1.83. The first kappa shape index (κ1) is 10.2. The van der Waals surface area contributed by atoms with Crippen LogP contribution in [0.1, 0.15) is 44.9 Å². The van der Waals surface area contributed by atoms with Crippen LogP contribution in [-0.4, -0.2) is 4.98 Å². The van der Waals surface area contributed by atoms with E-state index in [1.54, 1.807) is 0 Å². The third-order valence-electron chi connectivity index (χ3n) is 2.75. The van der Waals surface area contributed by atoms with Gasteiger partial charge in [-0.05, 0) is 24.0 Å². The maximum atomic E-state index is 4.39. The number of pyridine rings is 1. The molecule has 13 heavy (non-hydrogen) atoms. The van der Waals surface area contributed by atoms with Crippen LogP contribution in [0.2, 0.25) is 0 Å². The molecule has 0 fully saturated rings. The van der Waals surface area contributed by atoms with E-state index in [0.717, 1.165) is 5.92 Å². The molecule has 72 valence electrons. The standard InChI is InChI=1S/C10H13N.C2H6/c1-7-6-9-4-3-5-11-10(9)8(7)2;1-2/h3-5,7-8H,6H2,1-2H3;1-2H3. The van der Waals surface area contributed by atoms with Gasteiger partial charge in [0, 0.05) is 17.8 Å². The number of aromatic nitrogens is 1. The van der Waals surface area contributed by atoms with Crippen LogP contribution in [0.3, 0.4) is 0 Å². The van der Waals surface area contributed by atoms with Crippen LogP contribution in [0.5, 0.6) is 0 Å². The molecule has 0 saturated carbocycles. The predicted octanol–water partition coefficient (Wildman–Crippen LogP) is 3.40. The fourth-order valence-electron chi connectivity index (χ4n) is 1.83. The fraction of sp³-hybridized carbons (Fsp3) is 0.583. The van der Waals surface area contributed by atoms with Crippen molar-refractivity contribution in [1.82, 2.24) is 4.98 Å². The van der Waals surface area contributed by atoms with E-state index in [4.69, 9.17) is 0 Å². The van der Waals surface area contributed by atoms with Gasteiger partial charge in [0.05, 0.1) is 0 Å². The Labute approximate surface area is 81.2 Å². The lowest BCUT2D eigenvalue weighted by molar-refractivity contribution is 0.526. The van der Waals surface area contributed by atoms with Gasteiger partial charge in [0.2, 0.25) is 0 Å². The average Bonchev–Trinajstić information content (AvgIpc) is 2.47. The van der Waals surface area contributed by atoms with Crippen LogP contribution < -0.4 is 0 Å². The summed E-state index contributed by atoms with van der Waals surface area (Å²) in [7, 11) is 0. The quantitative estimate of drug-likeness (QED) is 0.592. The Kier molecular flexibility index (Phi) is 3.47. The maximum Gasteiger partial charge on any atom is 0.0466 e. The van der Waals surface area contributed by atoms with Gasteiger partial charge in [0.15, 0.2) is 0 Å². The summed E-state index contributed by atoms with van der Waals surface area (Å²) in [5.74, 6) is 1.44. The van der Waals surface area contributed by atoms with Crippen molar-refractivity contribution in [2.45, 2.75) is 40.0 Å². The van der Waals surface area contributed by atoms with E-state index >= 15 is 0 Å². The number of rotatable bonds is 0. The molecule has 1 aliphatic rings. The lowest BCUT2D eigenvalue weighted by Gasteiger charge is -2.07. The highest BCUT2D eigenvalue weighted by atomic mass is 14.7. The molecular formula is C12H19N. The van der Waals surface area contributed by atoms with Gasteiger partial charge in [-0.15, -0.1) is 0 Å². The first-order valence-electron chi connectivity index (χ1n) is 5.23. The Hall–Kier alpha value is -0.850.